The molecular formula is C16H19NO. The van der Waals surface area contributed by atoms with E-state index in [0.29, 0.717) is 0 Å². The first-order chi connectivity index (χ1) is 8.75. The van der Waals surface area contributed by atoms with Gasteiger partial charge in [0, 0.05) is 11.9 Å². The lowest BCUT2D eigenvalue weighted by Crippen LogP contribution is -2.12. The second-order valence-electron chi connectivity index (χ2n) is 4.64. The largest absolute Gasteiger partial charge is 0.393 e. The molecular weight excluding hydrogens is 222 g/mol. The van der Waals surface area contributed by atoms with Crippen LogP contribution in [0.4, 0.5) is 0 Å². The zero-order chi connectivity index (χ0) is 12.8. The van der Waals surface area contributed by atoms with Gasteiger partial charge in [-0.05, 0) is 49.4 Å². The summed E-state index contributed by atoms with van der Waals surface area (Å²) in [5.74, 6) is 0. The Morgan fingerprint density at radius 3 is 2.61 bits per heavy atom. The number of pyridine rings is 1. The molecule has 0 fully saturated rings. The minimum Gasteiger partial charge on any atom is -0.393 e. The van der Waals surface area contributed by atoms with Gasteiger partial charge in [-0.25, -0.2) is 0 Å². The van der Waals surface area contributed by atoms with Gasteiger partial charge in [-0.15, -0.1) is 0 Å². The molecule has 2 aromatic rings. The second-order valence-corrected chi connectivity index (χ2v) is 4.64. The molecule has 1 atom stereocenters. The number of aliphatic hydroxyl groups is 1. The molecule has 0 saturated carbocycles. The van der Waals surface area contributed by atoms with Crippen molar-refractivity contribution in [2.45, 2.75) is 32.3 Å². The van der Waals surface area contributed by atoms with Gasteiger partial charge in [0.25, 0.3) is 0 Å². The molecule has 0 spiro atoms. The van der Waals surface area contributed by atoms with Crippen LogP contribution >= 0.6 is 0 Å². The molecule has 1 aromatic carbocycles. The molecule has 0 bridgehead atoms. The molecule has 0 aliphatic rings. The van der Waals surface area contributed by atoms with E-state index >= 15 is 0 Å². The van der Waals surface area contributed by atoms with Crippen molar-refractivity contribution >= 4 is 0 Å². The van der Waals surface area contributed by atoms with Crippen molar-refractivity contribution in [1.82, 2.24) is 4.98 Å². The number of aromatic nitrogens is 1. The van der Waals surface area contributed by atoms with Crippen molar-refractivity contribution in [2.75, 3.05) is 0 Å². The number of benzene rings is 1. The van der Waals surface area contributed by atoms with Crippen molar-refractivity contribution < 1.29 is 5.11 Å². The Balaban J connectivity index is 1.86. The molecule has 0 radical (unpaired) electrons. The monoisotopic (exact) mass is 241 g/mol. The van der Waals surface area contributed by atoms with E-state index in [1.807, 2.05) is 30.3 Å². The summed E-state index contributed by atoms with van der Waals surface area (Å²) in [6.45, 7) is 2.08. The zero-order valence-electron chi connectivity index (χ0n) is 10.7. The van der Waals surface area contributed by atoms with Gasteiger partial charge in [0.1, 0.15) is 0 Å². The summed E-state index contributed by atoms with van der Waals surface area (Å²) in [4.78, 5) is 4.26. The van der Waals surface area contributed by atoms with Crippen LogP contribution in [0.2, 0.25) is 0 Å². The highest BCUT2D eigenvalue weighted by atomic mass is 16.3. The number of hydrogen-bond acceptors (Lipinski definition) is 2. The van der Waals surface area contributed by atoms with Crippen molar-refractivity contribution in [1.29, 1.82) is 0 Å². The Labute approximate surface area is 108 Å². The van der Waals surface area contributed by atoms with Crippen LogP contribution in [0.1, 0.15) is 23.2 Å². The Kier molecular flexibility index (Phi) is 4.48. The molecule has 2 nitrogen and oxygen atoms in total. The van der Waals surface area contributed by atoms with Crippen LogP contribution < -0.4 is 0 Å². The number of rotatable bonds is 5. The number of aryl methyl sites for hydroxylation is 2. The van der Waals surface area contributed by atoms with Crippen LogP contribution in [-0.2, 0) is 12.8 Å². The van der Waals surface area contributed by atoms with Gasteiger partial charge in [0.2, 0.25) is 0 Å². The smallest absolute Gasteiger partial charge is 0.0584 e. The third-order valence-electron chi connectivity index (χ3n) is 3.18. The molecule has 0 amide bonds. The van der Waals surface area contributed by atoms with Gasteiger partial charge in [0.15, 0.2) is 0 Å². The average molecular weight is 241 g/mol. The summed E-state index contributed by atoms with van der Waals surface area (Å²) in [7, 11) is 0. The highest BCUT2D eigenvalue weighted by molar-refractivity contribution is 5.26. The second kappa shape index (κ2) is 6.31. The van der Waals surface area contributed by atoms with Gasteiger partial charge in [-0.3, -0.25) is 4.98 Å². The van der Waals surface area contributed by atoms with Crippen LogP contribution in [0.3, 0.4) is 0 Å². The van der Waals surface area contributed by atoms with Crippen LogP contribution in [-0.4, -0.2) is 16.2 Å². The van der Waals surface area contributed by atoms with E-state index < -0.39 is 0 Å². The highest BCUT2D eigenvalue weighted by Crippen LogP contribution is 2.12. The number of hydrogen-bond donors (Lipinski definition) is 1. The fraction of sp³-hybridized carbons (Fsp3) is 0.312. The fourth-order valence-corrected chi connectivity index (χ4v) is 2.06. The predicted molar refractivity (Wildman–Crippen MR) is 73.4 cm³/mol. The highest BCUT2D eigenvalue weighted by Gasteiger charge is 2.07. The molecule has 1 aromatic heterocycles. The predicted octanol–water partition coefficient (Wildman–Crippen LogP) is 2.93. The quantitative estimate of drug-likeness (QED) is 0.873. The first-order valence-corrected chi connectivity index (χ1v) is 6.38. The lowest BCUT2D eigenvalue weighted by molar-refractivity contribution is 0.164. The standard InChI is InChI=1S/C16H19NO/c1-13-6-2-3-7-14(13)12-16(18)10-9-15-8-4-5-11-17-15/h2-8,11,16,18H,9-10,12H2,1H3. The summed E-state index contributed by atoms with van der Waals surface area (Å²) in [6.07, 6.45) is 3.80. The summed E-state index contributed by atoms with van der Waals surface area (Å²) in [5.41, 5.74) is 3.52. The van der Waals surface area contributed by atoms with E-state index in [9.17, 15) is 5.11 Å². The molecule has 2 rings (SSSR count). The maximum absolute atomic E-state index is 10.1. The molecule has 1 N–H and O–H groups in total. The third kappa shape index (κ3) is 3.67. The topological polar surface area (TPSA) is 33.1 Å². The Morgan fingerprint density at radius 1 is 1.11 bits per heavy atom. The van der Waals surface area contributed by atoms with Crippen molar-refractivity contribution in [3.05, 3.63) is 65.5 Å². The number of nitrogens with zero attached hydrogens (tertiary/aromatic N) is 1. The van der Waals surface area contributed by atoms with E-state index in [-0.39, 0.29) is 6.10 Å². The fourth-order valence-electron chi connectivity index (χ4n) is 2.06. The first-order valence-electron chi connectivity index (χ1n) is 6.38. The van der Waals surface area contributed by atoms with Crippen LogP contribution in [0.5, 0.6) is 0 Å². The molecule has 18 heavy (non-hydrogen) atoms. The van der Waals surface area contributed by atoms with E-state index in [2.05, 4.69) is 24.0 Å². The van der Waals surface area contributed by atoms with E-state index in [4.69, 9.17) is 0 Å². The van der Waals surface area contributed by atoms with Crippen molar-refractivity contribution in [3.8, 4) is 0 Å². The van der Waals surface area contributed by atoms with Gasteiger partial charge in [-0.2, -0.15) is 0 Å². The zero-order valence-corrected chi connectivity index (χ0v) is 10.7. The maximum Gasteiger partial charge on any atom is 0.0584 e. The van der Waals surface area contributed by atoms with Crippen LogP contribution in [0.15, 0.2) is 48.7 Å². The van der Waals surface area contributed by atoms with Gasteiger partial charge >= 0.3 is 0 Å². The molecule has 1 heterocycles. The minimum absolute atomic E-state index is 0.298. The lowest BCUT2D eigenvalue weighted by atomic mass is 9.99. The van der Waals surface area contributed by atoms with Crippen LogP contribution in [0, 0.1) is 6.92 Å². The Morgan fingerprint density at radius 2 is 1.89 bits per heavy atom. The Hall–Kier alpha value is -1.67. The first kappa shape index (κ1) is 12.8. The van der Waals surface area contributed by atoms with Crippen molar-refractivity contribution in [3.63, 3.8) is 0 Å². The molecule has 0 aliphatic carbocycles. The van der Waals surface area contributed by atoms with E-state index in [0.717, 1.165) is 25.0 Å². The summed E-state index contributed by atoms with van der Waals surface area (Å²) in [6, 6.07) is 14.1. The molecule has 1 unspecified atom stereocenters. The van der Waals surface area contributed by atoms with E-state index in [1.54, 1.807) is 6.20 Å². The summed E-state index contributed by atoms with van der Waals surface area (Å²) >= 11 is 0. The van der Waals surface area contributed by atoms with E-state index in [1.165, 1.54) is 11.1 Å². The SMILES string of the molecule is Cc1ccccc1CC(O)CCc1ccccn1. The van der Waals surface area contributed by atoms with Crippen LogP contribution in [0.25, 0.3) is 0 Å². The minimum atomic E-state index is -0.298. The molecule has 94 valence electrons. The molecule has 0 saturated heterocycles. The normalized spacial score (nSPS) is 12.3. The summed E-state index contributed by atoms with van der Waals surface area (Å²) < 4.78 is 0. The van der Waals surface area contributed by atoms with Gasteiger partial charge in [0.05, 0.1) is 6.10 Å². The van der Waals surface area contributed by atoms with Gasteiger partial charge < -0.3 is 5.11 Å². The third-order valence-corrected chi connectivity index (χ3v) is 3.18. The average Bonchev–Trinajstić information content (AvgIpc) is 2.40. The summed E-state index contributed by atoms with van der Waals surface area (Å²) in [5, 5.41) is 10.1. The Bertz CT molecular complexity index is 481. The lowest BCUT2D eigenvalue weighted by Gasteiger charge is -2.12. The van der Waals surface area contributed by atoms with Crippen molar-refractivity contribution in [2.24, 2.45) is 0 Å². The molecule has 0 aliphatic heterocycles. The van der Waals surface area contributed by atoms with Gasteiger partial charge in [-0.1, -0.05) is 30.3 Å². The number of aliphatic hydroxyl groups excluding tert-OH is 1. The maximum atomic E-state index is 10.1. The molecule has 2 heteroatoms.